The predicted octanol–water partition coefficient (Wildman–Crippen LogP) is 18.6. The standard InChI is InChI=1S/C32H23BrO.C32H25BrO/c1-32(2)28-13-12-18(33)14-24(28)25-15-23-19-8-4-5-9-20(19)27-17-30(34-3)21-10-6-7-11-22(21)31(27)26(23)16-29(25)32;1-32(2)29-14-12-21(17-27(29)28-19-23(33)13-15-30(28)32)24-9-6-7-10-25(24)22-16-20-8-4-5-11-26(20)31(18-22)34-3/h4-17H,1-3H3;4-19H,1-3H3. The average Bonchev–Trinajstić information content (AvgIpc) is 3.72. The van der Waals surface area contributed by atoms with Gasteiger partial charge in [-0.1, -0.05) is 181 Å². The number of hydrogen-bond donors (Lipinski definition) is 0. The van der Waals surface area contributed by atoms with Crippen molar-refractivity contribution in [3.8, 4) is 56.0 Å². The third-order valence-electron chi connectivity index (χ3n) is 15.0. The lowest BCUT2D eigenvalue weighted by Gasteiger charge is -2.22. The Morgan fingerprint density at radius 2 is 0.794 bits per heavy atom. The summed E-state index contributed by atoms with van der Waals surface area (Å²) in [7, 11) is 3.51. The van der Waals surface area contributed by atoms with Gasteiger partial charge in [0.1, 0.15) is 11.5 Å². The van der Waals surface area contributed by atoms with Gasteiger partial charge in [0, 0.05) is 30.5 Å². The third kappa shape index (κ3) is 6.48. The molecule has 0 unspecified atom stereocenters. The summed E-state index contributed by atoms with van der Waals surface area (Å²) >= 11 is 7.39. The molecule has 2 nitrogen and oxygen atoms in total. The first-order chi connectivity index (χ1) is 33.0. The highest BCUT2D eigenvalue weighted by molar-refractivity contribution is 9.10. The van der Waals surface area contributed by atoms with Gasteiger partial charge in [-0.05, 0) is 171 Å². The van der Waals surface area contributed by atoms with Crippen LogP contribution in [0.3, 0.4) is 0 Å². The number of ether oxygens (including phenoxy) is 2. The van der Waals surface area contributed by atoms with Gasteiger partial charge in [-0.15, -0.1) is 0 Å². The van der Waals surface area contributed by atoms with E-state index in [-0.39, 0.29) is 10.8 Å². The van der Waals surface area contributed by atoms with E-state index in [1.807, 2.05) is 0 Å². The number of rotatable bonds is 4. The lowest BCUT2D eigenvalue weighted by Crippen LogP contribution is -2.14. The van der Waals surface area contributed by atoms with Crippen LogP contribution in [0.1, 0.15) is 49.9 Å². The molecule has 0 spiro atoms. The molecule has 0 aliphatic heterocycles. The molecule has 0 fully saturated rings. The zero-order valence-corrected chi connectivity index (χ0v) is 42.1. The van der Waals surface area contributed by atoms with Crippen molar-refractivity contribution in [1.82, 2.24) is 0 Å². The molecule has 0 amide bonds. The van der Waals surface area contributed by atoms with E-state index in [0.29, 0.717) is 0 Å². The van der Waals surface area contributed by atoms with Gasteiger partial charge in [0.2, 0.25) is 0 Å². The minimum atomic E-state index is -0.0558. The molecule has 0 bridgehead atoms. The lowest BCUT2D eigenvalue weighted by atomic mass is 9.81. The second-order valence-corrected chi connectivity index (χ2v) is 21.2. The summed E-state index contributed by atoms with van der Waals surface area (Å²) in [6, 6.07) is 66.4. The highest BCUT2D eigenvalue weighted by atomic mass is 79.9. The van der Waals surface area contributed by atoms with E-state index >= 15 is 0 Å². The van der Waals surface area contributed by atoms with Gasteiger partial charge < -0.3 is 9.47 Å². The van der Waals surface area contributed by atoms with E-state index < -0.39 is 0 Å². The number of halogens is 2. The van der Waals surface area contributed by atoms with Crippen LogP contribution in [0.5, 0.6) is 11.5 Å². The molecule has 0 radical (unpaired) electrons. The van der Waals surface area contributed by atoms with Gasteiger partial charge in [-0.3, -0.25) is 0 Å². The van der Waals surface area contributed by atoms with Gasteiger partial charge in [0.25, 0.3) is 0 Å². The molecular weight excluding hydrogens is 961 g/mol. The van der Waals surface area contributed by atoms with Crippen molar-refractivity contribution in [1.29, 1.82) is 0 Å². The molecule has 330 valence electrons. The van der Waals surface area contributed by atoms with Gasteiger partial charge in [-0.2, -0.15) is 0 Å². The molecule has 2 aliphatic rings. The van der Waals surface area contributed by atoms with Crippen LogP contribution < -0.4 is 9.47 Å². The van der Waals surface area contributed by atoms with Gasteiger partial charge >= 0.3 is 0 Å². The van der Waals surface area contributed by atoms with Crippen molar-refractivity contribution in [2.75, 3.05) is 14.2 Å². The van der Waals surface area contributed by atoms with Crippen LogP contribution in [-0.4, -0.2) is 14.2 Å². The van der Waals surface area contributed by atoms with Crippen molar-refractivity contribution in [2.24, 2.45) is 0 Å². The zero-order chi connectivity index (χ0) is 46.6. The van der Waals surface area contributed by atoms with Gasteiger partial charge in [0.15, 0.2) is 0 Å². The van der Waals surface area contributed by atoms with E-state index in [1.165, 1.54) is 104 Å². The van der Waals surface area contributed by atoms with Crippen molar-refractivity contribution in [3.05, 3.63) is 213 Å². The first-order valence-corrected chi connectivity index (χ1v) is 24.8. The summed E-state index contributed by atoms with van der Waals surface area (Å²) in [6.45, 7) is 9.34. The summed E-state index contributed by atoms with van der Waals surface area (Å²) < 4.78 is 13.9. The highest BCUT2D eigenvalue weighted by Gasteiger charge is 2.37. The first kappa shape index (κ1) is 42.6. The predicted molar refractivity (Wildman–Crippen MR) is 295 cm³/mol. The first-order valence-electron chi connectivity index (χ1n) is 23.3. The number of hydrogen-bond acceptors (Lipinski definition) is 2. The molecule has 13 rings (SSSR count). The molecule has 4 heteroatoms. The van der Waals surface area contributed by atoms with Crippen LogP contribution in [0.2, 0.25) is 0 Å². The minimum Gasteiger partial charge on any atom is -0.496 e. The molecule has 0 N–H and O–H groups in total. The van der Waals surface area contributed by atoms with Crippen molar-refractivity contribution in [2.45, 2.75) is 38.5 Å². The summed E-state index contributed by atoms with van der Waals surface area (Å²) in [5.74, 6) is 1.82. The molecular formula is C64H48Br2O2. The van der Waals surface area contributed by atoms with Crippen molar-refractivity contribution >= 4 is 85.7 Å². The maximum Gasteiger partial charge on any atom is 0.127 e. The number of methoxy groups -OCH3 is 2. The molecule has 0 atom stereocenters. The molecule has 11 aromatic carbocycles. The van der Waals surface area contributed by atoms with Crippen LogP contribution in [-0.2, 0) is 10.8 Å². The fourth-order valence-corrected chi connectivity index (χ4v) is 12.4. The SMILES string of the molecule is COc1cc(-c2ccccc2-c2ccc3c(c2)-c2cc(Br)ccc2C3(C)C)cc2ccccc12.COc1cc2c3ccccc3c3cc4c(cc3c2c2ccccc12)C(C)(C)c1ccc(Br)cc1-4. The monoisotopic (exact) mass is 1010 g/mol. The smallest absolute Gasteiger partial charge is 0.127 e. The highest BCUT2D eigenvalue weighted by Crippen LogP contribution is 2.54. The second-order valence-electron chi connectivity index (χ2n) is 19.4. The molecule has 0 heterocycles. The van der Waals surface area contributed by atoms with E-state index in [1.54, 1.807) is 14.2 Å². The summed E-state index contributed by atoms with van der Waals surface area (Å²) in [6.07, 6.45) is 0. The molecule has 0 saturated carbocycles. The van der Waals surface area contributed by atoms with Crippen LogP contribution >= 0.6 is 31.9 Å². The van der Waals surface area contributed by atoms with E-state index in [2.05, 4.69) is 242 Å². The number of fused-ring (bicyclic) bond motifs is 15. The third-order valence-corrected chi connectivity index (χ3v) is 16.0. The summed E-state index contributed by atoms with van der Waals surface area (Å²) in [5, 5.41) is 12.4. The zero-order valence-electron chi connectivity index (χ0n) is 38.9. The fourth-order valence-electron chi connectivity index (χ4n) is 11.7. The van der Waals surface area contributed by atoms with E-state index in [9.17, 15) is 0 Å². The summed E-state index contributed by atoms with van der Waals surface area (Å²) in [4.78, 5) is 0. The topological polar surface area (TPSA) is 18.5 Å². The average molecular weight is 1010 g/mol. The molecule has 0 saturated heterocycles. The Bertz CT molecular complexity index is 3920. The minimum absolute atomic E-state index is 0.00484. The van der Waals surface area contributed by atoms with Gasteiger partial charge in [-0.25, -0.2) is 0 Å². The van der Waals surface area contributed by atoms with Crippen LogP contribution in [0.4, 0.5) is 0 Å². The van der Waals surface area contributed by atoms with Crippen LogP contribution in [0.15, 0.2) is 191 Å². The molecule has 2 aliphatic carbocycles. The quantitative estimate of drug-likeness (QED) is 0.164. The van der Waals surface area contributed by atoms with E-state index in [0.717, 1.165) is 36.8 Å². The largest absolute Gasteiger partial charge is 0.496 e. The second kappa shape index (κ2) is 15.9. The van der Waals surface area contributed by atoms with Crippen molar-refractivity contribution in [3.63, 3.8) is 0 Å². The Labute approximate surface area is 414 Å². The van der Waals surface area contributed by atoms with Crippen molar-refractivity contribution < 1.29 is 9.47 Å². The number of benzene rings is 11. The summed E-state index contributed by atoms with van der Waals surface area (Å²) in [5.41, 5.74) is 15.6. The Morgan fingerprint density at radius 3 is 1.44 bits per heavy atom. The Kier molecular flexibility index (Phi) is 9.99. The maximum atomic E-state index is 5.85. The molecule has 68 heavy (non-hydrogen) atoms. The molecule has 11 aromatic rings. The van der Waals surface area contributed by atoms with Crippen LogP contribution in [0, 0.1) is 0 Å². The fraction of sp³-hybridized carbons (Fsp3) is 0.125. The Morgan fingerprint density at radius 1 is 0.324 bits per heavy atom. The van der Waals surface area contributed by atoms with Gasteiger partial charge in [0.05, 0.1) is 14.2 Å². The van der Waals surface area contributed by atoms with E-state index in [4.69, 9.17) is 9.47 Å². The molecule has 0 aromatic heterocycles. The normalized spacial score (nSPS) is 13.8. The van der Waals surface area contributed by atoms with Crippen LogP contribution in [0.25, 0.3) is 98.4 Å². The Balaban J connectivity index is 0.000000141. The maximum absolute atomic E-state index is 5.85. The lowest BCUT2D eigenvalue weighted by molar-refractivity contribution is 0.420. The Hall–Kier alpha value is -6.72.